The third kappa shape index (κ3) is 3.78. The average Bonchev–Trinajstić information content (AvgIpc) is 2.74. The molecule has 1 N–H and O–H groups in total. The average molecular weight is 301 g/mol. The predicted octanol–water partition coefficient (Wildman–Crippen LogP) is 3.75. The summed E-state index contributed by atoms with van der Waals surface area (Å²) in [5.41, 5.74) is 2.54. The van der Waals surface area contributed by atoms with E-state index in [-0.39, 0.29) is 0 Å². The van der Waals surface area contributed by atoms with E-state index in [1.807, 2.05) is 12.1 Å². The third-order valence-electron chi connectivity index (χ3n) is 4.00. The van der Waals surface area contributed by atoms with Gasteiger partial charge in [-0.05, 0) is 37.1 Å². The highest BCUT2D eigenvalue weighted by Crippen LogP contribution is 2.26. The standard InChI is InChI=1S/C18H21ClN2/c19-17-9-4-5-10-18(17)21-12-6-11-20-16(14-21)13-15-7-2-1-3-8-15/h1-5,7-10,16,20H,6,11-14H2. The smallest absolute Gasteiger partial charge is 0.0639 e. The Bertz CT molecular complexity index is 570. The van der Waals surface area contributed by atoms with Crippen LogP contribution in [0, 0.1) is 0 Å². The van der Waals surface area contributed by atoms with Crippen LogP contribution < -0.4 is 10.2 Å². The first-order valence-corrected chi connectivity index (χ1v) is 7.97. The van der Waals surface area contributed by atoms with Gasteiger partial charge in [-0.25, -0.2) is 0 Å². The number of hydrogen-bond donors (Lipinski definition) is 1. The van der Waals surface area contributed by atoms with Crippen LogP contribution in [-0.2, 0) is 6.42 Å². The third-order valence-corrected chi connectivity index (χ3v) is 4.32. The SMILES string of the molecule is Clc1ccccc1N1CCCNC(Cc2ccccc2)C1. The van der Waals surface area contributed by atoms with Crippen molar-refractivity contribution in [1.82, 2.24) is 5.32 Å². The number of anilines is 1. The summed E-state index contributed by atoms with van der Waals surface area (Å²) in [5.74, 6) is 0. The van der Waals surface area contributed by atoms with Gasteiger partial charge in [0.05, 0.1) is 10.7 Å². The fourth-order valence-corrected chi connectivity index (χ4v) is 3.22. The highest BCUT2D eigenvalue weighted by Gasteiger charge is 2.19. The number of rotatable bonds is 3. The van der Waals surface area contributed by atoms with Gasteiger partial charge >= 0.3 is 0 Å². The number of benzene rings is 2. The molecule has 1 aliphatic rings. The van der Waals surface area contributed by atoms with Gasteiger partial charge in [-0.3, -0.25) is 0 Å². The lowest BCUT2D eigenvalue weighted by atomic mass is 10.1. The van der Waals surface area contributed by atoms with Crippen molar-refractivity contribution >= 4 is 17.3 Å². The molecule has 0 aromatic heterocycles. The van der Waals surface area contributed by atoms with Crippen LogP contribution in [0.4, 0.5) is 5.69 Å². The first-order valence-electron chi connectivity index (χ1n) is 7.60. The largest absolute Gasteiger partial charge is 0.369 e. The highest BCUT2D eigenvalue weighted by atomic mass is 35.5. The quantitative estimate of drug-likeness (QED) is 0.929. The van der Waals surface area contributed by atoms with Crippen LogP contribution in [0.3, 0.4) is 0 Å². The number of nitrogens with one attached hydrogen (secondary N) is 1. The minimum atomic E-state index is 0.464. The summed E-state index contributed by atoms with van der Waals surface area (Å²) >= 11 is 6.36. The zero-order valence-corrected chi connectivity index (χ0v) is 12.9. The Labute approximate surface area is 131 Å². The molecule has 110 valence electrons. The molecule has 0 bridgehead atoms. The highest BCUT2D eigenvalue weighted by molar-refractivity contribution is 6.33. The fraction of sp³-hybridized carbons (Fsp3) is 0.333. The maximum Gasteiger partial charge on any atom is 0.0639 e. The normalized spacial score (nSPS) is 19.3. The zero-order chi connectivity index (χ0) is 14.5. The summed E-state index contributed by atoms with van der Waals surface area (Å²) in [6, 6.07) is 19.3. The van der Waals surface area contributed by atoms with Gasteiger partial charge in [0.15, 0.2) is 0 Å². The second-order valence-corrected chi connectivity index (χ2v) is 6.00. The zero-order valence-electron chi connectivity index (χ0n) is 12.1. The molecular formula is C18H21ClN2. The first-order chi connectivity index (χ1) is 10.3. The molecular weight excluding hydrogens is 280 g/mol. The fourth-order valence-electron chi connectivity index (χ4n) is 2.96. The Morgan fingerprint density at radius 1 is 1.05 bits per heavy atom. The van der Waals surface area contributed by atoms with Crippen molar-refractivity contribution in [2.45, 2.75) is 18.9 Å². The van der Waals surface area contributed by atoms with Crippen molar-refractivity contribution in [3.05, 3.63) is 65.2 Å². The summed E-state index contributed by atoms with van der Waals surface area (Å²) in [5, 5.41) is 4.51. The van der Waals surface area contributed by atoms with Crippen molar-refractivity contribution in [3.63, 3.8) is 0 Å². The first kappa shape index (κ1) is 14.4. The Morgan fingerprint density at radius 3 is 2.62 bits per heavy atom. The van der Waals surface area contributed by atoms with E-state index in [0.29, 0.717) is 6.04 Å². The molecule has 0 radical (unpaired) electrons. The predicted molar refractivity (Wildman–Crippen MR) is 90.2 cm³/mol. The molecule has 0 saturated carbocycles. The molecule has 1 atom stereocenters. The monoisotopic (exact) mass is 300 g/mol. The van der Waals surface area contributed by atoms with Gasteiger partial charge < -0.3 is 10.2 Å². The minimum Gasteiger partial charge on any atom is -0.369 e. The molecule has 2 aromatic rings. The van der Waals surface area contributed by atoms with Crippen LogP contribution in [0.2, 0.25) is 5.02 Å². The van der Waals surface area contributed by atoms with E-state index in [1.54, 1.807) is 0 Å². The number of hydrogen-bond acceptors (Lipinski definition) is 2. The minimum absolute atomic E-state index is 0.464. The molecule has 3 rings (SSSR count). The topological polar surface area (TPSA) is 15.3 Å². The summed E-state index contributed by atoms with van der Waals surface area (Å²) in [7, 11) is 0. The van der Waals surface area contributed by atoms with E-state index in [9.17, 15) is 0 Å². The molecule has 1 fully saturated rings. The lowest BCUT2D eigenvalue weighted by Crippen LogP contribution is -2.39. The molecule has 1 heterocycles. The van der Waals surface area contributed by atoms with E-state index < -0.39 is 0 Å². The Morgan fingerprint density at radius 2 is 1.81 bits per heavy atom. The number of halogens is 1. The van der Waals surface area contributed by atoms with Crippen LogP contribution in [-0.4, -0.2) is 25.7 Å². The molecule has 0 spiro atoms. The molecule has 0 amide bonds. The summed E-state index contributed by atoms with van der Waals surface area (Å²) < 4.78 is 0. The molecule has 2 aromatic carbocycles. The summed E-state index contributed by atoms with van der Waals surface area (Å²) in [6.07, 6.45) is 2.21. The van der Waals surface area contributed by atoms with Crippen LogP contribution >= 0.6 is 11.6 Å². The number of para-hydroxylation sites is 1. The molecule has 21 heavy (non-hydrogen) atoms. The molecule has 1 unspecified atom stereocenters. The van der Waals surface area contributed by atoms with E-state index in [1.165, 1.54) is 5.56 Å². The van der Waals surface area contributed by atoms with Crippen LogP contribution in [0.25, 0.3) is 0 Å². The van der Waals surface area contributed by atoms with Crippen molar-refractivity contribution in [3.8, 4) is 0 Å². The maximum absolute atomic E-state index is 6.36. The van der Waals surface area contributed by atoms with Gasteiger partial charge in [0.25, 0.3) is 0 Å². The van der Waals surface area contributed by atoms with Gasteiger partial charge in [-0.1, -0.05) is 54.1 Å². The van der Waals surface area contributed by atoms with E-state index in [2.05, 4.69) is 52.7 Å². The van der Waals surface area contributed by atoms with Gasteiger partial charge in [0, 0.05) is 19.1 Å². The van der Waals surface area contributed by atoms with Crippen molar-refractivity contribution in [2.24, 2.45) is 0 Å². The Balaban J connectivity index is 1.73. The second kappa shape index (κ2) is 6.97. The second-order valence-electron chi connectivity index (χ2n) is 5.59. The maximum atomic E-state index is 6.36. The van der Waals surface area contributed by atoms with E-state index >= 15 is 0 Å². The Kier molecular flexibility index (Phi) is 4.79. The van der Waals surface area contributed by atoms with Crippen LogP contribution in [0.1, 0.15) is 12.0 Å². The molecule has 3 heteroatoms. The van der Waals surface area contributed by atoms with Crippen LogP contribution in [0.5, 0.6) is 0 Å². The Hall–Kier alpha value is -1.51. The van der Waals surface area contributed by atoms with Gasteiger partial charge in [0.1, 0.15) is 0 Å². The van der Waals surface area contributed by atoms with Gasteiger partial charge in [-0.2, -0.15) is 0 Å². The van der Waals surface area contributed by atoms with Gasteiger partial charge in [-0.15, -0.1) is 0 Å². The van der Waals surface area contributed by atoms with Crippen molar-refractivity contribution < 1.29 is 0 Å². The number of nitrogens with zero attached hydrogens (tertiary/aromatic N) is 1. The molecule has 1 aliphatic heterocycles. The van der Waals surface area contributed by atoms with Crippen molar-refractivity contribution in [1.29, 1.82) is 0 Å². The van der Waals surface area contributed by atoms with E-state index in [0.717, 1.165) is 43.2 Å². The summed E-state index contributed by atoms with van der Waals surface area (Å²) in [4.78, 5) is 2.41. The summed E-state index contributed by atoms with van der Waals surface area (Å²) in [6.45, 7) is 3.12. The lowest BCUT2D eigenvalue weighted by Gasteiger charge is -2.27. The van der Waals surface area contributed by atoms with Gasteiger partial charge in [0.2, 0.25) is 0 Å². The molecule has 1 saturated heterocycles. The van der Waals surface area contributed by atoms with E-state index in [4.69, 9.17) is 11.6 Å². The lowest BCUT2D eigenvalue weighted by molar-refractivity contribution is 0.540. The molecule has 2 nitrogen and oxygen atoms in total. The van der Waals surface area contributed by atoms with Crippen LogP contribution in [0.15, 0.2) is 54.6 Å². The molecule has 0 aliphatic carbocycles. The van der Waals surface area contributed by atoms with Crippen molar-refractivity contribution in [2.75, 3.05) is 24.5 Å².